The van der Waals surface area contributed by atoms with Crippen LogP contribution in [0.3, 0.4) is 0 Å². The van der Waals surface area contributed by atoms with E-state index in [9.17, 15) is 4.39 Å². The minimum absolute atomic E-state index is 0.253. The van der Waals surface area contributed by atoms with Gasteiger partial charge in [-0.2, -0.15) is 0 Å². The van der Waals surface area contributed by atoms with Gasteiger partial charge < -0.3 is 5.32 Å². The number of pyridine rings is 1. The Balaban J connectivity index is 2.02. The van der Waals surface area contributed by atoms with Gasteiger partial charge in [0.25, 0.3) is 0 Å². The third kappa shape index (κ3) is 3.08. The molecule has 1 unspecified atom stereocenters. The minimum atomic E-state index is -0.310. The van der Waals surface area contributed by atoms with Gasteiger partial charge in [0.2, 0.25) is 0 Å². The van der Waals surface area contributed by atoms with Crippen molar-refractivity contribution in [2.45, 2.75) is 6.04 Å². The van der Waals surface area contributed by atoms with Crippen molar-refractivity contribution in [2.75, 3.05) is 5.32 Å². The quantitative estimate of drug-likeness (QED) is 0.764. The molecule has 0 aliphatic rings. The molecule has 0 amide bonds. The second-order valence-corrected chi connectivity index (χ2v) is 4.75. The number of rotatable bonds is 4. The van der Waals surface area contributed by atoms with Gasteiger partial charge in [0.05, 0.1) is 12.2 Å². The number of hydrogen-bond acceptors (Lipinski definition) is 2. The van der Waals surface area contributed by atoms with Crippen LogP contribution in [0.15, 0.2) is 79.1 Å². The second-order valence-electron chi connectivity index (χ2n) is 4.75. The van der Waals surface area contributed by atoms with E-state index in [0.29, 0.717) is 5.56 Å². The van der Waals surface area contributed by atoms with Crippen molar-refractivity contribution < 1.29 is 4.39 Å². The van der Waals surface area contributed by atoms with Gasteiger partial charge in [0, 0.05) is 17.4 Å². The molecule has 0 saturated heterocycles. The fourth-order valence-electron chi connectivity index (χ4n) is 2.31. The van der Waals surface area contributed by atoms with E-state index in [0.717, 1.165) is 11.3 Å². The van der Waals surface area contributed by atoms with E-state index in [-0.39, 0.29) is 11.9 Å². The molecular formula is C18H15FN2. The summed E-state index contributed by atoms with van der Waals surface area (Å²) in [6, 6.07) is 21.1. The fourth-order valence-corrected chi connectivity index (χ4v) is 2.31. The summed E-state index contributed by atoms with van der Waals surface area (Å²) in [6.45, 7) is 0. The Kier molecular flexibility index (Phi) is 3.92. The van der Waals surface area contributed by atoms with E-state index in [4.69, 9.17) is 0 Å². The van der Waals surface area contributed by atoms with Crippen LogP contribution in [-0.4, -0.2) is 4.98 Å². The molecule has 1 aromatic heterocycles. The normalized spacial score (nSPS) is 11.9. The highest BCUT2D eigenvalue weighted by Crippen LogP contribution is 2.27. The molecule has 21 heavy (non-hydrogen) atoms. The van der Waals surface area contributed by atoms with Crippen LogP contribution in [0.1, 0.15) is 17.2 Å². The molecule has 3 heteroatoms. The molecule has 2 aromatic carbocycles. The number of hydrogen-bond donors (Lipinski definition) is 1. The number of aromatic nitrogens is 1. The predicted octanol–water partition coefficient (Wildman–Crippen LogP) is 4.42. The first-order valence-corrected chi connectivity index (χ1v) is 6.80. The first-order chi connectivity index (χ1) is 10.3. The number of benzene rings is 2. The predicted molar refractivity (Wildman–Crippen MR) is 82.5 cm³/mol. The molecule has 104 valence electrons. The van der Waals surface area contributed by atoms with Gasteiger partial charge in [-0.1, -0.05) is 48.5 Å². The third-order valence-electron chi connectivity index (χ3n) is 3.33. The van der Waals surface area contributed by atoms with Crippen LogP contribution >= 0.6 is 0 Å². The number of halogens is 1. The summed E-state index contributed by atoms with van der Waals surface area (Å²) in [7, 11) is 0. The van der Waals surface area contributed by atoms with Crippen molar-refractivity contribution in [1.29, 1.82) is 0 Å². The van der Waals surface area contributed by atoms with E-state index in [2.05, 4.69) is 10.3 Å². The van der Waals surface area contributed by atoms with Crippen LogP contribution in [0, 0.1) is 5.82 Å². The van der Waals surface area contributed by atoms with E-state index in [1.165, 1.54) is 6.20 Å². The van der Waals surface area contributed by atoms with Gasteiger partial charge in [-0.3, -0.25) is 4.98 Å². The number of para-hydroxylation sites is 1. The highest BCUT2D eigenvalue weighted by atomic mass is 19.1. The largest absolute Gasteiger partial charge is 0.374 e. The lowest BCUT2D eigenvalue weighted by atomic mass is 9.99. The molecule has 0 spiro atoms. The Morgan fingerprint density at radius 3 is 2.19 bits per heavy atom. The Morgan fingerprint density at radius 1 is 0.857 bits per heavy atom. The molecule has 0 saturated carbocycles. The van der Waals surface area contributed by atoms with Crippen LogP contribution in [0.4, 0.5) is 10.1 Å². The summed E-state index contributed by atoms with van der Waals surface area (Å²) in [5, 5.41) is 3.38. The van der Waals surface area contributed by atoms with Crippen molar-refractivity contribution in [3.8, 4) is 0 Å². The van der Waals surface area contributed by atoms with Crippen molar-refractivity contribution in [3.63, 3.8) is 0 Å². The Morgan fingerprint density at radius 2 is 1.52 bits per heavy atom. The van der Waals surface area contributed by atoms with Crippen molar-refractivity contribution in [1.82, 2.24) is 4.98 Å². The number of anilines is 1. The lowest BCUT2D eigenvalue weighted by molar-refractivity contribution is 0.598. The topological polar surface area (TPSA) is 24.9 Å². The summed E-state index contributed by atoms with van der Waals surface area (Å²) in [5.74, 6) is -0.310. The zero-order valence-corrected chi connectivity index (χ0v) is 11.4. The van der Waals surface area contributed by atoms with Crippen LogP contribution in [-0.2, 0) is 0 Å². The third-order valence-corrected chi connectivity index (χ3v) is 3.33. The molecular weight excluding hydrogens is 263 g/mol. The van der Waals surface area contributed by atoms with Gasteiger partial charge in [0.1, 0.15) is 5.82 Å². The van der Waals surface area contributed by atoms with Crippen molar-refractivity contribution >= 4 is 5.69 Å². The van der Waals surface area contributed by atoms with E-state index >= 15 is 0 Å². The van der Waals surface area contributed by atoms with E-state index in [1.807, 2.05) is 60.7 Å². The SMILES string of the molecule is Fc1cnccc1C(Nc1ccccc1)c1ccccc1. The molecule has 0 aliphatic carbocycles. The summed E-state index contributed by atoms with van der Waals surface area (Å²) < 4.78 is 14.1. The zero-order chi connectivity index (χ0) is 14.5. The molecule has 0 bridgehead atoms. The minimum Gasteiger partial charge on any atom is -0.374 e. The number of nitrogens with one attached hydrogen (secondary N) is 1. The average molecular weight is 278 g/mol. The summed E-state index contributed by atoms with van der Waals surface area (Å²) in [6.07, 6.45) is 2.86. The lowest BCUT2D eigenvalue weighted by Gasteiger charge is -2.21. The summed E-state index contributed by atoms with van der Waals surface area (Å²) >= 11 is 0. The average Bonchev–Trinajstić information content (AvgIpc) is 2.55. The molecule has 0 radical (unpaired) electrons. The van der Waals surface area contributed by atoms with Crippen LogP contribution in [0.25, 0.3) is 0 Å². The summed E-state index contributed by atoms with van der Waals surface area (Å²) in [4.78, 5) is 3.83. The maximum Gasteiger partial charge on any atom is 0.147 e. The van der Waals surface area contributed by atoms with Crippen molar-refractivity contribution in [3.05, 3.63) is 96.1 Å². The Labute approximate surface area is 123 Å². The zero-order valence-electron chi connectivity index (χ0n) is 11.4. The molecule has 1 heterocycles. The van der Waals surface area contributed by atoms with Gasteiger partial charge in [-0.05, 0) is 23.8 Å². The first kappa shape index (κ1) is 13.3. The Bertz CT molecular complexity index is 699. The van der Waals surface area contributed by atoms with Crippen LogP contribution < -0.4 is 5.32 Å². The maximum absolute atomic E-state index is 14.1. The van der Waals surface area contributed by atoms with E-state index in [1.54, 1.807) is 12.3 Å². The summed E-state index contributed by atoms with van der Waals surface area (Å²) in [5.41, 5.74) is 2.54. The molecule has 0 fully saturated rings. The van der Waals surface area contributed by atoms with Gasteiger partial charge in [-0.25, -0.2) is 4.39 Å². The van der Waals surface area contributed by atoms with Crippen LogP contribution in [0.5, 0.6) is 0 Å². The number of nitrogens with zero attached hydrogens (tertiary/aromatic N) is 1. The first-order valence-electron chi connectivity index (χ1n) is 6.80. The second kappa shape index (κ2) is 6.18. The molecule has 1 N–H and O–H groups in total. The van der Waals surface area contributed by atoms with Crippen molar-refractivity contribution in [2.24, 2.45) is 0 Å². The standard InChI is InChI=1S/C18H15FN2/c19-17-13-20-12-11-16(17)18(14-7-3-1-4-8-14)21-15-9-5-2-6-10-15/h1-13,18,21H. The maximum atomic E-state index is 14.1. The smallest absolute Gasteiger partial charge is 0.147 e. The van der Waals surface area contributed by atoms with Gasteiger partial charge >= 0.3 is 0 Å². The lowest BCUT2D eigenvalue weighted by Crippen LogP contribution is -2.14. The molecule has 2 nitrogen and oxygen atoms in total. The molecule has 0 aliphatic heterocycles. The highest BCUT2D eigenvalue weighted by molar-refractivity contribution is 5.48. The van der Waals surface area contributed by atoms with Crippen LogP contribution in [0.2, 0.25) is 0 Å². The van der Waals surface area contributed by atoms with Gasteiger partial charge in [-0.15, -0.1) is 0 Å². The highest BCUT2D eigenvalue weighted by Gasteiger charge is 2.17. The fraction of sp³-hybridized carbons (Fsp3) is 0.0556. The Hall–Kier alpha value is -2.68. The van der Waals surface area contributed by atoms with Gasteiger partial charge in [0.15, 0.2) is 0 Å². The molecule has 3 rings (SSSR count). The molecule has 3 aromatic rings. The molecule has 1 atom stereocenters. The van der Waals surface area contributed by atoms with E-state index < -0.39 is 0 Å². The monoisotopic (exact) mass is 278 g/mol.